The third-order valence-corrected chi connectivity index (χ3v) is 2.99. The molecule has 2 heteroatoms. The molecular formula is C12H24N2. The third-order valence-electron chi connectivity index (χ3n) is 2.99. The second kappa shape index (κ2) is 6.20. The predicted octanol–water partition coefficient (Wildman–Crippen LogP) is 2.07. The van der Waals surface area contributed by atoms with Crippen LogP contribution in [0.25, 0.3) is 0 Å². The Morgan fingerprint density at radius 3 is 2.71 bits per heavy atom. The summed E-state index contributed by atoms with van der Waals surface area (Å²) >= 11 is 0. The highest BCUT2D eigenvalue weighted by atomic mass is 14.9. The van der Waals surface area contributed by atoms with Crippen molar-refractivity contribution in [3.05, 3.63) is 11.1 Å². The molecule has 14 heavy (non-hydrogen) atoms. The van der Waals surface area contributed by atoms with E-state index < -0.39 is 0 Å². The van der Waals surface area contributed by atoms with Gasteiger partial charge in [0.2, 0.25) is 0 Å². The molecule has 1 atom stereocenters. The third kappa shape index (κ3) is 3.81. The Bertz CT molecular complexity index is 190. The van der Waals surface area contributed by atoms with E-state index in [0.29, 0.717) is 6.04 Å². The van der Waals surface area contributed by atoms with Gasteiger partial charge in [0.25, 0.3) is 0 Å². The van der Waals surface area contributed by atoms with E-state index in [9.17, 15) is 0 Å². The lowest BCUT2D eigenvalue weighted by Gasteiger charge is -2.23. The number of hydrogen-bond acceptors (Lipinski definition) is 2. The lowest BCUT2D eigenvalue weighted by atomic mass is 10.0. The smallest absolute Gasteiger partial charge is 0.0183 e. The van der Waals surface area contributed by atoms with Gasteiger partial charge >= 0.3 is 0 Å². The summed E-state index contributed by atoms with van der Waals surface area (Å²) in [4.78, 5) is 0. The first-order valence-corrected chi connectivity index (χ1v) is 5.85. The van der Waals surface area contributed by atoms with Crippen LogP contribution in [0.2, 0.25) is 0 Å². The van der Waals surface area contributed by atoms with Gasteiger partial charge in [-0.1, -0.05) is 25.3 Å². The van der Waals surface area contributed by atoms with Crippen LogP contribution in [0.3, 0.4) is 0 Å². The molecule has 0 amide bonds. The summed E-state index contributed by atoms with van der Waals surface area (Å²) in [5, 5.41) is 6.86. The largest absolute Gasteiger partial charge is 0.311 e. The molecule has 0 saturated carbocycles. The summed E-state index contributed by atoms with van der Waals surface area (Å²) in [6.45, 7) is 10.1. The van der Waals surface area contributed by atoms with Gasteiger partial charge in [0, 0.05) is 25.7 Å². The second-order valence-electron chi connectivity index (χ2n) is 4.41. The van der Waals surface area contributed by atoms with Gasteiger partial charge in [-0.3, -0.25) is 0 Å². The monoisotopic (exact) mass is 196 g/mol. The fourth-order valence-corrected chi connectivity index (χ4v) is 1.62. The average molecular weight is 196 g/mol. The van der Waals surface area contributed by atoms with Crippen LogP contribution in [-0.2, 0) is 0 Å². The minimum atomic E-state index is 0.665. The summed E-state index contributed by atoms with van der Waals surface area (Å²) in [6.07, 6.45) is 3.94. The maximum absolute atomic E-state index is 3.58. The summed E-state index contributed by atoms with van der Waals surface area (Å²) < 4.78 is 0. The highest BCUT2D eigenvalue weighted by molar-refractivity contribution is 5.22. The van der Waals surface area contributed by atoms with Crippen LogP contribution in [0.1, 0.15) is 40.0 Å². The van der Waals surface area contributed by atoms with Crippen molar-refractivity contribution >= 4 is 0 Å². The van der Waals surface area contributed by atoms with E-state index in [1.807, 2.05) is 0 Å². The molecule has 0 spiro atoms. The zero-order valence-electron chi connectivity index (χ0n) is 9.82. The lowest BCUT2D eigenvalue weighted by Crippen LogP contribution is -2.37. The maximum Gasteiger partial charge on any atom is 0.0183 e. The highest BCUT2D eigenvalue weighted by Gasteiger charge is 2.10. The molecule has 1 heterocycles. The highest BCUT2D eigenvalue weighted by Crippen LogP contribution is 2.08. The van der Waals surface area contributed by atoms with E-state index >= 15 is 0 Å². The zero-order valence-corrected chi connectivity index (χ0v) is 9.82. The molecule has 1 fully saturated rings. The number of nitrogens with one attached hydrogen (secondary N) is 2. The quantitative estimate of drug-likeness (QED) is 0.636. The Morgan fingerprint density at radius 1 is 1.50 bits per heavy atom. The molecule has 0 aromatic rings. The van der Waals surface area contributed by atoms with Crippen molar-refractivity contribution in [3.63, 3.8) is 0 Å². The van der Waals surface area contributed by atoms with Gasteiger partial charge in [0.05, 0.1) is 0 Å². The molecular weight excluding hydrogens is 172 g/mol. The SMILES string of the molecule is CCCCC(C)NCC(C)=C1CNC1. The van der Waals surface area contributed by atoms with E-state index in [0.717, 1.165) is 19.6 Å². The van der Waals surface area contributed by atoms with E-state index in [1.54, 1.807) is 5.57 Å². The van der Waals surface area contributed by atoms with Crippen LogP contribution in [-0.4, -0.2) is 25.7 Å². The molecule has 1 rings (SSSR count). The van der Waals surface area contributed by atoms with E-state index in [-0.39, 0.29) is 0 Å². The average Bonchev–Trinajstić information content (AvgIpc) is 2.08. The van der Waals surface area contributed by atoms with Crippen molar-refractivity contribution in [2.75, 3.05) is 19.6 Å². The van der Waals surface area contributed by atoms with E-state index in [4.69, 9.17) is 0 Å². The van der Waals surface area contributed by atoms with Gasteiger partial charge < -0.3 is 10.6 Å². The molecule has 0 bridgehead atoms. The van der Waals surface area contributed by atoms with Crippen molar-refractivity contribution in [1.82, 2.24) is 10.6 Å². The van der Waals surface area contributed by atoms with Crippen molar-refractivity contribution in [2.45, 2.75) is 46.1 Å². The van der Waals surface area contributed by atoms with Crippen LogP contribution >= 0.6 is 0 Å². The first kappa shape index (κ1) is 11.7. The van der Waals surface area contributed by atoms with Gasteiger partial charge in [0.1, 0.15) is 0 Å². The first-order valence-electron chi connectivity index (χ1n) is 5.85. The van der Waals surface area contributed by atoms with Crippen LogP contribution in [0.5, 0.6) is 0 Å². The molecule has 0 aromatic carbocycles. The molecule has 1 unspecified atom stereocenters. The fourth-order valence-electron chi connectivity index (χ4n) is 1.62. The molecule has 2 N–H and O–H groups in total. The van der Waals surface area contributed by atoms with Gasteiger partial charge in [-0.05, 0) is 25.8 Å². The summed E-state index contributed by atoms with van der Waals surface area (Å²) in [5.74, 6) is 0. The van der Waals surface area contributed by atoms with Crippen LogP contribution < -0.4 is 10.6 Å². The van der Waals surface area contributed by atoms with E-state index in [2.05, 4.69) is 31.4 Å². The minimum Gasteiger partial charge on any atom is -0.311 e. The summed E-state index contributed by atoms with van der Waals surface area (Å²) in [5.41, 5.74) is 3.13. The number of unbranched alkanes of at least 4 members (excludes halogenated alkanes) is 1. The number of hydrogen-bond donors (Lipinski definition) is 2. The first-order chi connectivity index (χ1) is 6.74. The number of rotatable bonds is 6. The molecule has 0 radical (unpaired) electrons. The Balaban J connectivity index is 2.12. The molecule has 1 aliphatic heterocycles. The summed E-state index contributed by atoms with van der Waals surface area (Å²) in [6, 6.07) is 0.665. The topological polar surface area (TPSA) is 24.1 Å². The standard InChI is InChI=1S/C12H24N2/c1-4-5-6-11(3)14-7-10(2)12-8-13-9-12/h11,13-14H,4-9H2,1-3H3. The van der Waals surface area contributed by atoms with Gasteiger partial charge in [-0.25, -0.2) is 0 Å². The molecule has 82 valence electrons. The molecule has 1 saturated heterocycles. The van der Waals surface area contributed by atoms with Crippen LogP contribution in [0.15, 0.2) is 11.1 Å². The lowest BCUT2D eigenvalue weighted by molar-refractivity contribution is 0.510. The van der Waals surface area contributed by atoms with E-state index in [1.165, 1.54) is 24.8 Å². The second-order valence-corrected chi connectivity index (χ2v) is 4.41. The van der Waals surface area contributed by atoms with Crippen molar-refractivity contribution < 1.29 is 0 Å². The Labute approximate surface area is 88.2 Å². The predicted molar refractivity (Wildman–Crippen MR) is 62.6 cm³/mol. The van der Waals surface area contributed by atoms with Gasteiger partial charge in [-0.2, -0.15) is 0 Å². The van der Waals surface area contributed by atoms with Crippen molar-refractivity contribution in [1.29, 1.82) is 0 Å². The maximum atomic E-state index is 3.58. The van der Waals surface area contributed by atoms with Gasteiger partial charge in [0.15, 0.2) is 0 Å². The Kier molecular flexibility index (Phi) is 5.20. The molecule has 0 aromatic heterocycles. The van der Waals surface area contributed by atoms with Crippen molar-refractivity contribution in [3.8, 4) is 0 Å². The zero-order chi connectivity index (χ0) is 10.4. The molecule has 1 aliphatic rings. The molecule has 0 aliphatic carbocycles. The Morgan fingerprint density at radius 2 is 2.21 bits per heavy atom. The van der Waals surface area contributed by atoms with Gasteiger partial charge in [-0.15, -0.1) is 0 Å². The van der Waals surface area contributed by atoms with Crippen LogP contribution in [0.4, 0.5) is 0 Å². The molecule has 2 nitrogen and oxygen atoms in total. The Hall–Kier alpha value is -0.340. The minimum absolute atomic E-state index is 0.665. The van der Waals surface area contributed by atoms with Crippen LogP contribution in [0, 0.1) is 0 Å². The summed E-state index contributed by atoms with van der Waals surface area (Å²) in [7, 11) is 0. The van der Waals surface area contributed by atoms with Crippen molar-refractivity contribution in [2.24, 2.45) is 0 Å². The normalized spacial score (nSPS) is 17.8. The fraction of sp³-hybridized carbons (Fsp3) is 0.833.